The third-order valence-electron chi connectivity index (χ3n) is 4.71. The molecule has 0 saturated carbocycles. The van der Waals surface area contributed by atoms with Crippen molar-refractivity contribution in [1.82, 2.24) is 9.97 Å². The standard InChI is InChI=1S/C22H27N5O/c1-15-10-19-18(25-21(15)26-20(28)11-22(2,3)4)6-5-9-27(19)14-16-7-8-17(12-23)24-13-16/h7-8,10,13H,5-6,9,11,14H2,1-4H3,(H,25,26,28). The lowest BCUT2D eigenvalue weighted by Crippen LogP contribution is -2.30. The van der Waals surface area contributed by atoms with Crippen molar-refractivity contribution in [1.29, 1.82) is 5.26 Å². The number of nitrogens with zero attached hydrogens (tertiary/aromatic N) is 4. The first kappa shape index (κ1) is 19.8. The van der Waals surface area contributed by atoms with E-state index in [1.54, 1.807) is 12.3 Å². The lowest BCUT2D eigenvalue weighted by Gasteiger charge is -2.31. The van der Waals surface area contributed by atoms with Crippen molar-refractivity contribution in [3.63, 3.8) is 0 Å². The number of pyridine rings is 2. The van der Waals surface area contributed by atoms with Crippen LogP contribution in [0.3, 0.4) is 0 Å². The number of anilines is 2. The average molecular weight is 377 g/mol. The van der Waals surface area contributed by atoms with Crippen molar-refractivity contribution in [2.24, 2.45) is 5.41 Å². The molecule has 28 heavy (non-hydrogen) atoms. The molecule has 0 aromatic carbocycles. The molecule has 2 aromatic rings. The number of hydrogen-bond donors (Lipinski definition) is 1. The van der Waals surface area contributed by atoms with Gasteiger partial charge in [0, 0.05) is 25.7 Å². The van der Waals surface area contributed by atoms with Gasteiger partial charge in [-0.2, -0.15) is 5.26 Å². The van der Waals surface area contributed by atoms with Gasteiger partial charge in [0.25, 0.3) is 0 Å². The summed E-state index contributed by atoms with van der Waals surface area (Å²) in [5.74, 6) is 0.661. The highest BCUT2D eigenvalue weighted by Gasteiger charge is 2.22. The fourth-order valence-electron chi connectivity index (χ4n) is 3.41. The molecule has 0 unspecified atom stereocenters. The van der Waals surface area contributed by atoms with Crippen LogP contribution in [0.5, 0.6) is 0 Å². The van der Waals surface area contributed by atoms with E-state index in [-0.39, 0.29) is 11.3 Å². The van der Waals surface area contributed by atoms with Gasteiger partial charge >= 0.3 is 0 Å². The predicted molar refractivity (Wildman–Crippen MR) is 110 cm³/mol. The number of nitriles is 1. The second kappa shape index (κ2) is 7.97. The number of carbonyl (C=O) groups is 1. The van der Waals surface area contributed by atoms with Gasteiger partial charge in [-0.3, -0.25) is 4.79 Å². The summed E-state index contributed by atoms with van der Waals surface area (Å²) in [5, 5.41) is 11.9. The SMILES string of the molecule is Cc1cc2c(nc1NC(=O)CC(C)(C)C)CCCN2Cc1ccc(C#N)nc1. The molecule has 1 aliphatic rings. The number of carbonyl (C=O) groups excluding carboxylic acids is 1. The first-order valence-electron chi connectivity index (χ1n) is 9.65. The Balaban J connectivity index is 1.79. The molecule has 6 heteroatoms. The second-order valence-electron chi connectivity index (χ2n) is 8.59. The molecule has 0 aliphatic carbocycles. The smallest absolute Gasteiger partial charge is 0.226 e. The molecule has 1 N–H and O–H groups in total. The van der Waals surface area contributed by atoms with Crippen molar-refractivity contribution in [2.45, 2.75) is 53.5 Å². The predicted octanol–water partition coefficient (Wildman–Crippen LogP) is 3.98. The van der Waals surface area contributed by atoms with E-state index in [2.05, 4.69) is 42.0 Å². The third kappa shape index (κ3) is 4.86. The Hall–Kier alpha value is -2.94. The summed E-state index contributed by atoms with van der Waals surface area (Å²) in [5.41, 5.74) is 4.53. The zero-order valence-electron chi connectivity index (χ0n) is 17.0. The highest BCUT2D eigenvalue weighted by Crippen LogP contribution is 2.31. The van der Waals surface area contributed by atoms with Crippen LogP contribution >= 0.6 is 0 Å². The van der Waals surface area contributed by atoms with Crippen LogP contribution < -0.4 is 10.2 Å². The third-order valence-corrected chi connectivity index (χ3v) is 4.71. The van der Waals surface area contributed by atoms with Crippen LogP contribution in [0, 0.1) is 23.7 Å². The molecule has 0 saturated heterocycles. The maximum absolute atomic E-state index is 12.3. The van der Waals surface area contributed by atoms with Gasteiger partial charge in [0.05, 0.1) is 11.4 Å². The Morgan fingerprint density at radius 2 is 2.14 bits per heavy atom. The molecule has 6 nitrogen and oxygen atoms in total. The normalized spacial score (nSPS) is 13.6. The Morgan fingerprint density at radius 3 is 2.79 bits per heavy atom. The van der Waals surface area contributed by atoms with Crippen molar-refractivity contribution >= 4 is 17.4 Å². The number of rotatable bonds is 4. The summed E-state index contributed by atoms with van der Waals surface area (Å²) in [6, 6.07) is 7.86. The molecule has 0 fully saturated rings. The van der Waals surface area contributed by atoms with E-state index in [9.17, 15) is 4.79 Å². The molecule has 146 valence electrons. The maximum Gasteiger partial charge on any atom is 0.226 e. The highest BCUT2D eigenvalue weighted by atomic mass is 16.1. The van der Waals surface area contributed by atoms with Crippen molar-refractivity contribution in [2.75, 3.05) is 16.8 Å². The number of aromatic nitrogens is 2. The summed E-state index contributed by atoms with van der Waals surface area (Å²) >= 11 is 0. The van der Waals surface area contributed by atoms with E-state index >= 15 is 0 Å². The van der Waals surface area contributed by atoms with Crippen LogP contribution in [0.1, 0.15) is 56.1 Å². The Labute approximate surface area is 166 Å². The van der Waals surface area contributed by atoms with Crippen LogP contribution in [-0.2, 0) is 17.8 Å². The zero-order chi connectivity index (χ0) is 20.3. The molecule has 1 aliphatic heterocycles. The van der Waals surface area contributed by atoms with Crippen LogP contribution in [0.4, 0.5) is 11.5 Å². The lowest BCUT2D eigenvalue weighted by molar-refractivity contribution is -0.117. The number of nitrogens with one attached hydrogen (secondary N) is 1. The fraction of sp³-hybridized carbons (Fsp3) is 0.455. The minimum atomic E-state index is -0.0574. The number of aryl methyl sites for hydroxylation is 2. The Bertz CT molecular complexity index is 906. The van der Waals surface area contributed by atoms with E-state index in [4.69, 9.17) is 10.2 Å². The molecule has 0 atom stereocenters. The second-order valence-corrected chi connectivity index (χ2v) is 8.59. The minimum absolute atomic E-state index is 0.000581. The van der Waals surface area contributed by atoms with Gasteiger partial charge in [-0.05, 0) is 48.4 Å². The number of amides is 1. The van der Waals surface area contributed by atoms with Gasteiger partial charge < -0.3 is 10.2 Å². The molecule has 1 amide bonds. The van der Waals surface area contributed by atoms with Gasteiger partial charge in [0.2, 0.25) is 5.91 Å². The lowest BCUT2D eigenvalue weighted by atomic mass is 9.92. The molecular formula is C22H27N5O. The first-order valence-corrected chi connectivity index (χ1v) is 9.65. The molecule has 0 radical (unpaired) electrons. The van der Waals surface area contributed by atoms with Crippen molar-refractivity contribution < 1.29 is 4.79 Å². The summed E-state index contributed by atoms with van der Waals surface area (Å²) in [7, 11) is 0. The summed E-state index contributed by atoms with van der Waals surface area (Å²) < 4.78 is 0. The van der Waals surface area contributed by atoms with Crippen LogP contribution in [0.15, 0.2) is 24.4 Å². The summed E-state index contributed by atoms with van der Waals surface area (Å²) in [6.45, 7) is 9.81. The molecule has 0 bridgehead atoms. The topological polar surface area (TPSA) is 81.9 Å². The highest BCUT2D eigenvalue weighted by molar-refractivity contribution is 5.91. The molecule has 3 heterocycles. The molecule has 0 spiro atoms. The molecule has 2 aromatic heterocycles. The first-order chi connectivity index (χ1) is 13.2. The average Bonchev–Trinajstić information content (AvgIpc) is 2.62. The van der Waals surface area contributed by atoms with E-state index in [1.165, 1.54) is 0 Å². The fourth-order valence-corrected chi connectivity index (χ4v) is 3.41. The van der Waals surface area contributed by atoms with E-state index in [0.29, 0.717) is 17.9 Å². The van der Waals surface area contributed by atoms with E-state index < -0.39 is 0 Å². The Kier molecular flexibility index (Phi) is 5.64. The van der Waals surface area contributed by atoms with E-state index in [1.807, 2.05) is 19.1 Å². The monoisotopic (exact) mass is 377 g/mol. The van der Waals surface area contributed by atoms with Gasteiger partial charge in [-0.15, -0.1) is 0 Å². The van der Waals surface area contributed by atoms with Crippen LogP contribution in [-0.4, -0.2) is 22.4 Å². The zero-order valence-corrected chi connectivity index (χ0v) is 17.0. The van der Waals surface area contributed by atoms with Crippen LogP contribution in [0.25, 0.3) is 0 Å². The minimum Gasteiger partial charge on any atom is -0.366 e. The Morgan fingerprint density at radius 1 is 1.36 bits per heavy atom. The summed E-state index contributed by atoms with van der Waals surface area (Å²) in [6.07, 6.45) is 4.14. The number of fused-ring (bicyclic) bond motifs is 1. The molecule has 3 rings (SSSR count). The quantitative estimate of drug-likeness (QED) is 0.871. The van der Waals surface area contributed by atoms with Gasteiger partial charge in [0.15, 0.2) is 0 Å². The largest absolute Gasteiger partial charge is 0.366 e. The van der Waals surface area contributed by atoms with Crippen molar-refractivity contribution in [3.8, 4) is 6.07 Å². The maximum atomic E-state index is 12.3. The van der Waals surface area contributed by atoms with Gasteiger partial charge in [-0.1, -0.05) is 26.8 Å². The van der Waals surface area contributed by atoms with Gasteiger partial charge in [0.1, 0.15) is 17.6 Å². The summed E-state index contributed by atoms with van der Waals surface area (Å²) in [4.78, 5) is 23.5. The van der Waals surface area contributed by atoms with Gasteiger partial charge in [-0.25, -0.2) is 9.97 Å². The van der Waals surface area contributed by atoms with E-state index in [0.717, 1.165) is 48.4 Å². The molecular weight excluding hydrogens is 350 g/mol. The van der Waals surface area contributed by atoms with Crippen LogP contribution in [0.2, 0.25) is 0 Å². The number of hydrogen-bond acceptors (Lipinski definition) is 5. The van der Waals surface area contributed by atoms with Crippen molar-refractivity contribution in [3.05, 3.63) is 46.9 Å².